The highest BCUT2D eigenvalue weighted by molar-refractivity contribution is 7.15. The third-order valence-corrected chi connectivity index (χ3v) is 7.05. The molecule has 0 bridgehead atoms. The van der Waals surface area contributed by atoms with Crippen molar-refractivity contribution in [3.63, 3.8) is 0 Å². The van der Waals surface area contributed by atoms with Gasteiger partial charge in [-0.1, -0.05) is 11.6 Å². The van der Waals surface area contributed by atoms with Crippen LogP contribution >= 0.6 is 22.9 Å². The Balaban J connectivity index is 1.57. The number of halogens is 4. The number of aryl methyl sites for hydroxylation is 1. The molecular weight excluding hydrogens is 531 g/mol. The number of thiazole rings is 1. The standard InChI is InChI=1S/C24H25ClF3N5O3S/c1-13-8-29-22(37-13)19-7-16(36-12-17-11-33(3)4-5-35-17)6-18(20(19)25)21(34)32-14(2)15-9-30-23(31-10-15)24(26,27)28/h6-10,14,17H,4-5,11-12H2,1-3H3,(H,32,34)/t14-,17-/m1/s1. The molecule has 1 N–H and O–H groups in total. The summed E-state index contributed by atoms with van der Waals surface area (Å²) in [5, 5.41) is 3.55. The number of hydrogen-bond acceptors (Lipinski definition) is 8. The third-order valence-electron chi connectivity index (χ3n) is 5.69. The number of likely N-dealkylation sites (N-methyl/N-ethyl adjacent to an activating group) is 1. The van der Waals surface area contributed by atoms with Crippen LogP contribution in [0.25, 0.3) is 10.6 Å². The Kier molecular flexibility index (Phi) is 8.32. The lowest BCUT2D eigenvalue weighted by atomic mass is 10.1. The average molecular weight is 556 g/mol. The lowest BCUT2D eigenvalue weighted by Gasteiger charge is -2.29. The number of aromatic nitrogens is 3. The molecule has 2 aromatic heterocycles. The number of nitrogens with one attached hydrogen (secondary N) is 1. The number of amides is 1. The van der Waals surface area contributed by atoms with Gasteiger partial charge < -0.3 is 19.7 Å². The summed E-state index contributed by atoms with van der Waals surface area (Å²) in [7, 11) is 2.01. The minimum atomic E-state index is -4.65. The first-order valence-corrected chi connectivity index (χ1v) is 12.6. The van der Waals surface area contributed by atoms with Gasteiger partial charge in [-0.15, -0.1) is 11.3 Å². The first kappa shape index (κ1) is 27.2. The molecule has 0 radical (unpaired) electrons. The topological polar surface area (TPSA) is 89.5 Å². The maximum Gasteiger partial charge on any atom is 0.451 e. The molecule has 4 rings (SSSR count). The molecule has 1 fully saturated rings. The zero-order valence-corrected chi connectivity index (χ0v) is 21.9. The van der Waals surface area contributed by atoms with Gasteiger partial charge in [0.05, 0.1) is 23.2 Å². The number of rotatable bonds is 7. The fourth-order valence-electron chi connectivity index (χ4n) is 3.70. The number of morpholine rings is 1. The van der Waals surface area contributed by atoms with Crippen LogP contribution in [-0.4, -0.2) is 65.2 Å². The molecule has 1 saturated heterocycles. The first-order valence-electron chi connectivity index (χ1n) is 11.4. The summed E-state index contributed by atoms with van der Waals surface area (Å²) in [6, 6.07) is 2.58. The molecule has 0 spiro atoms. The zero-order valence-electron chi connectivity index (χ0n) is 20.3. The maximum atomic E-state index is 13.2. The predicted octanol–water partition coefficient (Wildman–Crippen LogP) is 4.78. The van der Waals surface area contributed by atoms with Crippen molar-refractivity contribution in [2.75, 3.05) is 33.4 Å². The highest BCUT2D eigenvalue weighted by atomic mass is 35.5. The molecule has 0 saturated carbocycles. The number of nitrogens with zero attached hydrogens (tertiary/aromatic N) is 4. The Morgan fingerprint density at radius 1 is 1.30 bits per heavy atom. The Morgan fingerprint density at radius 3 is 2.65 bits per heavy atom. The van der Waals surface area contributed by atoms with E-state index in [2.05, 4.69) is 25.2 Å². The maximum absolute atomic E-state index is 13.2. The summed E-state index contributed by atoms with van der Waals surface area (Å²) in [4.78, 5) is 27.5. The van der Waals surface area contributed by atoms with E-state index in [1.807, 2.05) is 14.0 Å². The van der Waals surface area contributed by atoms with Crippen LogP contribution in [0.5, 0.6) is 5.75 Å². The van der Waals surface area contributed by atoms with Gasteiger partial charge in [-0.05, 0) is 33.0 Å². The summed E-state index contributed by atoms with van der Waals surface area (Å²) in [6.45, 7) is 5.97. The molecule has 0 unspecified atom stereocenters. The largest absolute Gasteiger partial charge is 0.491 e. The van der Waals surface area contributed by atoms with Crippen LogP contribution in [0.4, 0.5) is 13.2 Å². The summed E-state index contributed by atoms with van der Waals surface area (Å²) >= 11 is 8.08. The van der Waals surface area contributed by atoms with Crippen molar-refractivity contribution in [3.8, 4) is 16.3 Å². The number of carbonyl (C=O) groups is 1. The molecule has 1 aliphatic heterocycles. The Morgan fingerprint density at radius 2 is 2.03 bits per heavy atom. The first-order chi connectivity index (χ1) is 17.5. The normalized spacial score (nSPS) is 17.4. The van der Waals surface area contributed by atoms with Gasteiger partial charge in [0, 0.05) is 47.7 Å². The van der Waals surface area contributed by atoms with E-state index in [1.165, 1.54) is 17.4 Å². The van der Waals surface area contributed by atoms with Crippen LogP contribution < -0.4 is 10.1 Å². The Labute approximate surface area is 220 Å². The monoisotopic (exact) mass is 555 g/mol. The van der Waals surface area contributed by atoms with Crippen molar-refractivity contribution in [1.82, 2.24) is 25.2 Å². The van der Waals surface area contributed by atoms with Crippen molar-refractivity contribution < 1.29 is 27.4 Å². The smallest absolute Gasteiger partial charge is 0.451 e. The van der Waals surface area contributed by atoms with E-state index in [-0.39, 0.29) is 23.3 Å². The molecule has 1 aromatic carbocycles. The van der Waals surface area contributed by atoms with Gasteiger partial charge in [0.2, 0.25) is 5.82 Å². The average Bonchev–Trinajstić information content (AvgIpc) is 3.28. The van der Waals surface area contributed by atoms with E-state index >= 15 is 0 Å². The van der Waals surface area contributed by atoms with Crippen molar-refractivity contribution in [3.05, 3.63) is 57.6 Å². The highest BCUT2D eigenvalue weighted by Gasteiger charge is 2.34. The second-order valence-corrected chi connectivity index (χ2v) is 10.3. The van der Waals surface area contributed by atoms with Crippen molar-refractivity contribution >= 4 is 28.8 Å². The molecule has 37 heavy (non-hydrogen) atoms. The van der Waals surface area contributed by atoms with E-state index in [0.29, 0.717) is 35.0 Å². The Bertz CT molecular complexity index is 1260. The fourth-order valence-corrected chi connectivity index (χ4v) is 4.83. The molecule has 1 amide bonds. The minimum Gasteiger partial charge on any atom is -0.491 e. The van der Waals surface area contributed by atoms with Gasteiger partial charge in [-0.3, -0.25) is 4.79 Å². The molecule has 3 heterocycles. The molecule has 198 valence electrons. The van der Waals surface area contributed by atoms with Crippen molar-refractivity contribution in [1.29, 1.82) is 0 Å². The van der Waals surface area contributed by atoms with Gasteiger partial charge in [0.15, 0.2) is 0 Å². The fraction of sp³-hybridized carbons (Fsp3) is 0.417. The molecule has 2 atom stereocenters. The van der Waals surface area contributed by atoms with Crippen LogP contribution in [0.1, 0.15) is 39.6 Å². The zero-order chi connectivity index (χ0) is 26.7. The molecule has 3 aromatic rings. The van der Waals surface area contributed by atoms with Crippen molar-refractivity contribution in [2.24, 2.45) is 0 Å². The van der Waals surface area contributed by atoms with Crippen LogP contribution in [0.3, 0.4) is 0 Å². The quantitative estimate of drug-likeness (QED) is 0.449. The van der Waals surface area contributed by atoms with E-state index in [0.717, 1.165) is 23.8 Å². The molecule has 1 aliphatic rings. The van der Waals surface area contributed by atoms with Crippen LogP contribution in [-0.2, 0) is 10.9 Å². The highest BCUT2D eigenvalue weighted by Crippen LogP contribution is 2.37. The molecular formula is C24H25ClF3N5O3S. The number of benzene rings is 1. The lowest BCUT2D eigenvalue weighted by molar-refractivity contribution is -0.145. The minimum absolute atomic E-state index is 0.128. The van der Waals surface area contributed by atoms with Crippen LogP contribution in [0.2, 0.25) is 5.02 Å². The van der Waals surface area contributed by atoms with E-state index in [9.17, 15) is 18.0 Å². The predicted molar refractivity (Wildman–Crippen MR) is 133 cm³/mol. The SMILES string of the molecule is Cc1cnc(-c2cc(OC[C@H]3CN(C)CCO3)cc(C(=O)N[C@H](C)c3cnc(C(F)(F)F)nc3)c2Cl)s1. The second kappa shape index (κ2) is 11.3. The second-order valence-electron chi connectivity index (χ2n) is 8.71. The van der Waals surface area contributed by atoms with Crippen LogP contribution in [0, 0.1) is 6.92 Å². The van der Waals surface area contributed by atoms with Crippen molar-refractivity contribution in [2.45, 2.75) is 32.2 Å². The van der Waals surface area contributed by atoms with Crippen LogP contribution in [0.15, 0.2) is 30.7 Å². The summed E-state index contributed by atoms with van der Waals surface area (Å²) in [5.74, 6) is -1.37. The third kappa shape index (κ3) is 6.75. The summed E-state index contributed by atoms with van der Waals surface area (Å²) in [5.41, 5.74) is 0.984. The van der Waals surface area contributed by atoms with Gasteiger partial charge >= 0.3 is 6.18 Å². The van der Waals surface area contributed by atoms with Gasteiger partial charge in [-0.25, -0.2) is 15.0 Å². The number of carbonyl (C=O) groups excluding carboxylic acids is 1. The number of alkyl halides is 3. The van der Waals surface area contributed by atoms with Gasteiger partial charge in [0.25, 0.3) is 5.91 Å². The number of ether oxygens (including phenoxy) is 2. The lowest BCUT2D eigenvalue weighted by Crippen LogP contribution is -2.42. The summed E-state index contributed by atoms with van der Waals surface area (Å²) in [6.07, 6.45) is -0.999. The molecule has 13 heteroatoms. The van der Waals surface area contributed by atoms with E-state index in [4.69, 9.17) is 21.1 Å². The van der Waals surface area contributed by atoms with E-state index in [1.54, 1.807) is 19.2 Å². The van der Waals surface area contributed by atoms with E-state index < -0.39 is 23.9 Å². The van der Waals surface area contributed by atoms with Gasteiger partial charge in [-0.2, -0.15) is 13.2 Å². The summed E-state index contributed by atoms with van der Waals surface area (Å²) < 4.78 is 50.1. The molecule has 0 aliphatic carbocycles. The van der Waals surface area contributed by atoms with Gasteiger partial charge in [0.1, 0.15) is 23.5 Å². The Hall–Kier alpha value is -2.80. The number of hydrogen-bond donors (Lipinski definition) is 1. The molecule has 8 nitrogen and oxygen atoms in total.